The summed E-state index contributed by atoms with van der Waals surface area (Å²) < 4.78 is 0. The van der Waals surface area contributed by atoms with E-state index in [9.17, 15) is 4.79 Å². The highest BCUT2D eigenvalue weighted by Gasteiger charge is 2.19. The molecule has 4 heteroatoms. The topological polar surface area (TPSA) is 75.3 Å². The lowest BCUT2D eigenvalue weighted by Gasteiger charge is -2.03. The Labute approximate surface area is 59.4 Å². The standard InChI is InChI=1S/C6H12N2O2/c7-5-2-1-4(9)3-8-6(5)10/h4-5,9H,1-3,7H2,(H,8,10)/t4-,5+/m1/s1. The first-order valence-electron chi connectivity index (χ1n) is 3.41. The molecule has 1 saturated heterocycles. The smallest absolute Gasteiger partial charge is 0.237 e. The van der Waals surface area contributed by atoms with Gasteiger partial charge in [-0.25, -0.2) is 0 Å². The summed E-state index contributed by atoms with van der Waals surface area (Å²) >= 11 is 0. The summed E-state index contributed by atoms with van der Waals surface area (Å²) in [7, 11) is 0. The van der Waals surface area contributed by atoms with Crippen LogP contribution in [0, 0.1) is 0 Å². The fraction of sp³-hybridized carbons (Fsp3) is 0.833. The van der Waals surface area contributed by atoms with Crippen molar-refractivity contribution in [3.8, 4) is 0 Å². The van der Waals surface area contributed by atoms with Crippen molar-refractivity contribution < 1.29 is 9.90 Å². The summed E-state index contributed by atoms with van der Waals surface area (Å²) in [6.45, 7) is 0.340. The Morgan fingerprint density at radius 2 is 2.30 bits per heavy atom. The quantitative estimate of drug-likeness (QED) is 0.391. The summed E-state index contributed by atoms with van der Waals surface area (Å²) in [6, 6.07) is -0.433. The normalized spacial score (nSPS) is 34.8. The molecule has 0 saturated carbocycles. The molecule has 2 atom stereocenters. The molecule has 0 spiro atoms. The van der Waals surface area contributed by atoms with Gasteiger partial charge in [-0.05, 0) is 12.8 Å². The number of aliphatic hydroxyl groups excluding tert-OH is 1. The maximum Gasteiger partial charge on any atom is 0.237 e. The molecule has 0 aromatic carbocycles. The van der Waals surface area contributed by atoms with E-state index < -0.39 is 12.1 Å². The molecule has 10 heavy (non-hydrogen) atoms. The first-order chi connectivity index (χ1) is 4.70. The number of nitrogens with two attached hydrogens (primary N) is 1. The predicted molar refractivity (Wildman–Crippen MR) is 36.2 cm³/mol. The van der Waals surface area contributed by atoms with Crippen LogP contribution < -0.4 is 11.1 Å². The van der Waals surface area contributed by atoms with Crippen molar-refractivity contribution in [1.29, 1.82) is 0 Å². The Kier molecular flexibility index (Phi) is 2.24. The van der Waals surface area contributed by atoms with E-state index >= 15 is 0 Å². The molecule has 4 nitrogen and oxygen atoms in total. The van der Waals surface area contributed by atoms with Crippen molar-refractivity contribution in [3.05, 3.63) is 0 Å². The van der Waals surface area contributed by atoms with Crippen molar-refractivity contribution in [3.63, 3.8) is 0 Å². The van der Waals surface area contributed by atoms with Crippen LogP contribution in [0.2, 0.25) is 0 Å². The summed E-state index contributed by atoms with van der Waals surface area (Å²) in [5, 5.41) is 11.6. The third-order valence-electron chi connectivity index (χ3n) is 1.66. The van der Waals surface area contributed by atoms with Gasteiger partial charge in [0.05, 0.1) is 12.1 Å². The van der Waals surface area contributed by atoms with Crippen LogP contribution in [0.15, 0.2) is 0 Å². The number of aliphatic hydroxyl groups is 1. The van der Waals surface area contributed by atoms with Crippen molar-refractivity contribution in [2.45, 2.75) is 25.0 Å². The highest BCUT2D eigenvalue weighted by Crippen LogP contribution is 2.03. The number of rotatable bonds is 0. The summed E-state index contributed by atoms with van der Waals surface area (Å²) in [4.78, 5) is 10.8. The van der Waals surface area contributed by atoms with Crippen LogP contribution in [-0.4, -0.2) is 29.7 Å². The molecule has 0 bridgehead atoms. The first-order valence-corrected chi connectivity index (χ1v) is 3.41. The fourth-order valence-electron chi connectivity index (χ4n) is 0.955. The van der Waals surface area contributed by atoms with Crippen LogP contribution in [0.3, 0.4) is 0 Å². The van der Waals surface area contributed by atoms with Gasteiger partial charge in [0.2, 0.25) is 5.91 Å². The van der Waals surface area contributed by atoms with E-state index in [1.54, 1.807) is 0 Å². The lowest BCUT2D eigenvalue weighted by Crippen LogP contribution is -2.39. The van der Waals surface area contributed by atoms with Gasteiger partial charge in [-0.2, -0.15) is 0 Å². The van der Waals surface area contributed by atoms with Crippen molar-refractivity contribution >= 4 is 5.91 Å². The summed E-state index contributed by atoms with van der Waals surface area (Å²) in [6.07, 6.45) is 0.768. The van der Waals surface area contributed by atoms with E-state index in [0.717, 1.165) is 0 Å². The molecular weight excluding hydrogens is 132 g/mol. The van der Waals surface area contributed by atoms with E-state index in [2.05, 4.69) is 5.32 Å². The van der Waals surface area contributed by atoms with Gasteiger partial charge in [-0.15, -0.1) is 0 Å². The second-order valence-corrected chi connectivity index (χ2v) is 2.58. The van der Waals surface area contributed by atoms with Crippen molar-refractivity contribution in [2.75, 3.05) is 6.54 Å². The SMILES string of the molecule is N[C@H]1CC[C@@H](O)CNC1=O. The molecule has 58 valence electrons. The molecule has 1 amide bonds. The largest absolute Gasteiger partial charge is 0.391 e. The number of amides is 1. The van der Waals surface area contributed by atoms with Crippen LogP contribution in [0.25, 0.3) is 0 Å². The van der Waals surface area contributed by atoms with E-state index in [-0.39, 0.29) is 5.91 Å². The van der Waals surface area contributed by atoms with Gasteiger partial charge < -0.3 is 16.2 Å². The minimum Gasteiger partial charge on any atom is -0.391 e. The van der Waals surface area contributed by atoms with Gasteiger partial charge in [-0.1, -0.05) is 0 Å². The Hall–Kier alpha value is -0.610. The predicted octanol–water partition coefficient (Wildman–Crippen LogP) is -1.42. The molecule has 0 aromatic rings. The maximum atomic E-state index is 10.8. The van der Waals surface area contributed by atoms with Gasteiger partial charge in [0, 0.05) is 6.54 Å². The third-order valence-corrected chi connectivity index (χ3v) is 1.66. The molecule has 0 aliphatic carbocycles. The van der Waals surface area contributed by atoms with E-state index in [1.165, 1.54) is 0 Å². The van der Waals surface area contributed by atoms with Gasteiger partial charge in [-0.3, -0.25) is 4.79 Å². The monoisotopic (exact) mass is 144 g/mol. The molecule has 0 radical (unpaired) electrons. The van der Waals surface area contributed by atoms with Crippen molar-refractivity contribution in [1.82, 2.24) is 5.32 Å². The first kappa shape index (κ1) is 7.50. The number of β-amino-alcohol motifs (C(OH)–C–C–N with tert-alkyl or cyclic N) is 1. The second-order valence-electron chi connectivity index (χ2n) is 2.58. The van der Waals surface area contributed by atoms with E-state index in [0.29, 0.717) is 19.4 Å². The van der Waals surface area contributed by atoms with Gasteiger partial charge in [0.25, 0.3) is 0 Å². The zero-order chi connectivity index (χ0) is 7.56. The lowest BCUT2D eigenvalue weighted by atomic mass is 10.1. The molecule has 0 aromatic heterocycles. The Morgan fingerprint density at radius 1 is 1.60 bits per heavy atom. The van der Waals surface area contributed by atoms with Gasteiger partial charge in [0.15, 0.2) is 0 Å². The number of hydrogen-bond donors (Lipinski definition) is 3. The van der Waals surface area contributed by atoms with Crippen molar-refractivity contribution in [2.24, 2.45) is 5.73 Å². The molecule has 1 aliphatic heterocycles. The zero-order valence-electron chi connectivity index (χ0n) is 5.71. The van der Waals surface area contributed by atoms with Crippen LogP contribution >= 0.6 is 0 Å². The molecule has 1 aliphatic rings. The Balaban J connectivity index is 2.46. The van der Waals surface area contributed by atoms with Crippen LogP contribution in [0.1, 0.15) is 12.8 Å². The summed E-state index contributed by atoms with van der Waals surface area (Å²) in [5.41, 5.74) is 5.42. The second kappa shape index (κ2) is 2.98. The minimum absolute atomic E-state index is 0.156. The average Bonchev–Trinajstić information content (AvgIpc) is 2.04. The average molecular weight is 144 g/mol. The van der Waals surface area contributed by atoms with E-state index in [1.807, 2.05) is 0 Å². The molecular formula is C6H12N2O2. The highest BCUT2D eigenvalue weighted by atomic mass is 16.3. The number of carbonyl (C=O) groups excluding carboxylic acids is 1. The van der Waals surface area contributed by atoms with Crippen LogP contribution in [-0.2, 0) is 4.79 Å². The zero-order valence-corrected chi connectivity index (χ0v) is 5.71. The van der Waals surface area contributed by atoms with Crippen LogP contribution in [0.4, 0.5) is 0 Å². The van der Waals surface area contributed by atoms with Gasteiger partial charge in [0.1, 0.15) is 0 Å². The van der Waals surface area contributed by atoms with Crippen LogP contribution in [0.5, 0.6) is 0 Å². The van der Waals surface area contributed by atoms with E-state index in [4.69, 9.17) is 10.8 Å². The molecule has 1 fully saturated rings. The lowest BCUT2D eigenvalue weighted by molar-refractivity contribution is -0.122. The molecule has 1 rings (SSSR count). The van der Waals surface area contributed by atoms with Gasteiger partial charge >= 0.3 is 0 Å². The Morgan fingerprint density at radius 3 is 3.00 bits per heavy atom. The maximum absolute atomic E-state index is 10.8. The fourth-order valence-corrected chi connectivity index (χ4v) is 0.955. The molecule has 0 unspecified atom stereocenters. The Bertz CT molecular complexity index is 138. The molecule has 4 N–H and O–H groups in total. The number of carbonyl (C=O) groups is 1. The molecule has 1 heterocycles. The minimum atomic E-state index is -0.433. The number of nitrogens with one attached hydrogen (secondary N) is 1. The number of hydrogen-bond acceptors (Lipinski definition) is 3. The highest BCUT2D eigenvalue weighted by molar-refractivity contribution is 5.81. The summed E-state index contributed by atoms with van der Waals surface area (Å²) in [5.74, 6) is -0.156. The third kappa shape index (κ3) is 1.68.